The fourth-order valence-corrected chi connectivity index (χ4v) is 3.47. The summed E-state index contributed by atoms with van der Waals surface area (Å²) in [6, 6.07) is 5.37. The lowest BCUT2D eigenvalue weighted by atomic mass is 10.2. The Morgan fingerprint density at radius 2 is 1.88 bits per heavy atom. The van der Waals surface area contributed by atoms with E-state index in [9.17, 15) is 9.59 Å². The summed E-state index contributed by atoms with van der Waals surface area (Å²) < 4.78 is 7.07. The fourth-order valence-electron chi connectivity index (χ4n) is 3.30. The molecule has 0 spiro atoms. The highest BCUT2D eigenvalue weighted by molar-refractivity contribution is 6.19. The van der Waals surface area contributed by atoms with E-state index < -0.39 is 0 Å². The van der Waals surface area contributed by atoms with Crippen molar-refractivity contribution in [2.24, 2.45) is 0 Å². The Balaban J connectivity index is 1.85. The molecule has 0 unspecified atom stereocenters. The molecule has 0 fully saturated rings. The Morgan fingerprint density at radius 1 is 1.15 bits per heavy atom. The van der Waals surface area contributed by atoms with Crippen LogP contribution in [0.15, 0.2) is 30.6 Å². The van der Waals surface area contributed by atoms with Crippen LogP contribution in [0.3, 0.4) is 0 Å². The SMILES string of the molecule is CCN(CC)c1ncc(C(=O)Nc2nc3cc(NC(=O)CCCl)ccc3n2CCOC)cn1. The van der Waals surface area contributed by atoms with E-state index in [1.54, 1.807) is 19.2 Å². The number of rotatable bonds is 11. The minimum absolute atomic E-state index is 0.176. The van der Waals surface area contributed by atoms with Crippen molar-refractivity contribution in [3.8, 4) is 0 Å². The number of methoxy groups -OCH3 is 1. The van der Waals surface area contributed by atoms with E-state index in [0.717, 1.165) is 18.6 Å². The van der Waals surface area contributed by atoms with Gasteiger partial charge in [0.05, 0.1) is 23.2 Å². The van der Waals surface area contributed by atoms with Crippen LogP contribution < -0.4 is 15.5 Å². The lowest BCUT2D eigenvalue weighted by molar-refractivity contribution is -0.115. The summed E-state index contributed by atoms with van der Waals surface area (Å²) in [6.07, 6.45) is 3.23. The molecule has 1 aromatic carbocycles. The fraction of sp³-hybridized carbons (Fsp3) is 0.409. The number of hydrogen-bond donors (Lipinski definition) is 2. The van der Waals surface area contributed by atoms with Crippen molar-refractivity contribution in [3.63, 3.8) is 0 Å². The van der Waals surface area contributed by atoms with Gasteiger partial charge in [-0.2, -0.15) is 0 Å². The van der Waals surface area contributed by atoms with Gasteiger partial charge in [0, 0.05) is 57.1 Å². The van der Waals surface area contributed by atoms with Crippen LogP contribution >= 0.6 is 11.6 Å². The number of anilines is 3. The van der Waals surface area contributed by atoms with E-state index in [1.807, 2.05) is 29.4 Å². The molecule has 10 nitrogen and oxygen atoms in total. The summed E-state index contributed by atoms with van der Waals surface area (Å²) in [4.78, 5) is 39.9. The van der Waals surface area contributed by atoms with Crippen LogP contribution in [0, 0.1) is 0 Å². The number of fused-ring (bicyclic) bond motifs is 1. The number of imidazole rings is 1. The van der Waals surface area contributed by atoms with Gasteiger partial charge in [-0.15, -0.1) is 11.6 Å². The van der Waals surface area contributed by atoms with Gasteiger partial charge in [0.25, 0.3) is 5.91 Å². The van der Waals surface area contributed by atoms with Gasteiger partial charge >= 0.3 is 0 Å². The Kier molecular flexibility index (Phi) is 8.56. The smallest absolute Gasteiger partial charge is 0.261 e. The minimum Gasteiger partial charge on any atom is -0.383 e. The number of halogens is 1. The van der Waals surface area contributed by atoms with Crippen molar-refractivity contribution in [2.45, 2.75) is 26.8 Å². The molecule has 33 heavy (non-hydrogen) atoms. The van der Waals surface area contributed by atoms with Gasteiger partial charge in [-0.05, 0) is 32.0 Å². The van der Waals surface area contributed by atoms with Crippen molar-refractivity contribution >= 4 is 52.0 Å². The summed E-state index contributed by atoms with van der Waals surface area (Å²) in [6.45, 7) is 6.52. The summed E-state index contributed by atoms with van der Waals surface area (Å²) in [5, 5.41) is 5.63. The molecule has 0 saturated carbocycles. The average Bonchev–Trinajstić information content (AvgIpc) is 3.15. The van der Waals surface area contributed by atoms with Gasteiger partial charge < -0.3 is 19.5 Å². The summed E-state index contributed by atoms with van der Waals surface area (Å²) in [5.74, 6) is 0.641. The standard InChI is InChI=1S/C22H28ClN7O3/c1-4-29(5-2)21-24-13-15(14-25-21)20(32)28-22-27-17-12-16(26-19(31)8-9-23)6-7-18(17)30(22)10-11-33-3/h6-7,12-14H,4-5,8-11H2,1-3H3,(H,26,31)(H,27,28,32). The Morgan fingerprint density at radius 3 is 2.52 bits per heavy atom. The maximum atomic E-state index is 12.9. The number of aromatic nitrogens is 4. The van der Waals surface area contributed by atoms with Crippen LogP contribution in [0.2, 0.25) is 0 Å². The second-order valence-electron chi connectivity index (χ2n) is 7.17. The molecular formula is C22H28ClN7O3. The molecule has 0 aliphatic carbocycles. The van der Waals surface area contributed by atoms with Gasteiger partial charge in [0.2, 0.25) is 17.8 Å². The molecule has 3 rings (SSSR count). The Labute approximate surface area is 197 Å². The van der Waals surface area contributed by atoms with E-state index in [4.69, 9.17) is 16.3 Å². The predicted molar refractivity (Wildman–Crippen MR) is 129 cm³/mol. The van der Waals surface area contributed by atoms with Crippen molar-refractivity contribution in [3.05, 3.63) is 36.2 Å². The average molecular weight is 474 g/mol. The zero-order valence-corrected chi connectivity index (χ0v) is 19.7. The molecule has 11 heteroatoms. The van der Waals surface area contributed by atoms with Crippen LogP contribution in [0.1, 0.15) is 30.6 Å². The molecule has 2 amide bonds. The maximum absolute atomic E-state index is 12.9. The Hall–Kier alpha value is -3.24. The first-order valence-corrected chi connectivity index (χ1v) is 11.3. The molecule has 0 bridgehead atoms. The van der Waals surface area contributed by atoms with Gasteiger partial charge in [-0.25, -0.2) is 15.0 Å². The van der Waals surface area contributed by atoms with Gasteiger partial charge in [-0.3, -0.25) is 14.9 Å². The van der Waals surface area contributed by atoms with E-state index in [2.05, 4.69) is 25.6 Å². The number of nitrogens with zero attached hydrogens (tertiary/aromatic N) is 5. The van der Waals surface area contributed by atoms with Crippen LogP contribution in [0.4, 0.5) is 17.6 Å². The lowest BCUT2D eigenvalue weighted by Crippen LogP contribution is -2.24. The molecule has 2 aromatic heterocycles. The number of benzene rings is 1. The van der Waals surface area contributed by atoms with Crippen LogP contribution in [0.5, 0.6) is 0 Å². The number of carbonyl (C=O) groups excluding carboxylic acids is 2. The number of carbonyl (C=O) groups is 2. The van der Waals surface area contributed by atoms with Crippen molar-refractivity contribution in [1.29, 1.82) is 0 Å². The molecule has 0 aliphatic heterocycles. The molecule has 0 saturated heterocycles. The maximum Gasteiger partial charge on any atom is 0.261 e. The third-order valence-corrected chi connectivity index (χ3v) is 5.23. The first-order valence-electron chi connectivity index (χ1n) is 10.7. The normalized spacial score (nSPS) is 10.9. The number of ether oxygens (including phenoxy) is 1. The molecule has 2 N–H and O–H groups in total. The van der Waals surface area contributed by atoms with Gasteiger partial charge in [0.1, 0.15) is 0 Å². The van der Waals surface area contributed by atoms with E-state index in [0.29, 0.717) is 41.8 Å². The first-order chi connectivity index (χ1) is 16.0. The molecule has 2 heterocycles. The highest BCUT2D eigenvalue weighted by Crippen LogP contribution is 2.24. The summed E-state index contributed by atoms with van der Waals surface area (Å²) in [7, 11) is 1.61. The molecule has 0 aliphatic rings. The Bertz CT molecular complexity index is 1100. The van der Waals surface area contributed by atoms with Crippen molar-refractivity contribution in [2.75, 3.05) is 48.2 Å². The monoisotopic (exact) mass is 473 g/mol. The molecule has 3 aromatic rings. The van der Waals surface area contributed by atoms with Crippen LogP contribution in [-0.4, -0.2) is 64.0 Å². The third-order valence-electron chi connectivity index (χ3n) is 5.04. The minimum atomic E-state index is -0.370. The summed E-state index contributed by atoms with van der Waals surface area (Å²) in [5.41, 5.74) is 2.35. The lowest BCUT2D eigenvalue weighted by Gasteiger charge is -2.18. The number of hydrogen-bond acceptors (Lipinski definition) is 7. The van der Waals surface area contributed by atoms with Crippen LogP contribution in [-0.2, 0) is 16.1 Å². The van der Waals surface area contributed by atoms with E-state index in [1.165, 1.54) is 12.4 Å². The number of nitrogens with one attached hydrogen (secondary N) is 2. The number of amides is 2. The molecular weight excluding hydrogens is 446 g/mol. The van der Waals surface area contributed by atoms with Crippen molar-refractivity contribution < 1.29 is 14.3 Å². The van der Waals surface area contributed by atoms with Crippen molar-refractivity contribution in [1.82, 2.24) is 19.5 Å². The van der Waals surface area contributed by atoms with E-state index in [-0.39, 0.29) is 24.1 Å². The van der Waals surface area contributed by atoms with Crippen LogP contribution in [0.25, 0.3) is 11.0 Å². The van der Waals surface area contributed by atoms with Gasteiger partial charge in [0.15, 0.2) is 0 Å². The molecule has 176 valence electrons. The quantitative estimate of drug-likeness (QED) is 0.411. The number of alkyl halides is 1. The largest absolute Gasteiger partial charge is 0.383 e. The van der Waals surface area contributed by atoms with Gasteiger partial charge in [-0.1, -0.05) is 0 Å². The second kappa shape index (κ2) is 11.6. The third kappa shape index (κ3) is 5.96. The zero-order valence-electron chi connectivity index (χ0n) is 19.0. The predicted octanol–water partition coefficient (Wildman–Crippen LogP) is 3.14. The topological polar surface area (TPSA) is 114 Å². The molecule has 0 radical (unpaired) electrons. The molecule has 0 atom stereocenters. The first kappa shape index (κ1) is 24.4. The zero-order chi connectivity index (χ0) is 23.8. The second-order valence-corrected chi connectivity index (χ2v) is 7.55. The highest BCUT2D eigenvalue weighted by Gasteiger charge is 2.16. The van der Waals surface area contributed by atoms with E-state index >= 15 is 0 Å². The summed E-state index contributed by atoms with van der Waals surface area (Å²) >= 11 is 5.63. The highest BCUT2D eigenvalue weighted by atomic mass is 35.5.